The maximum Gasteiger partial charge on any atom is 0.0830 e. The number of aliphatic hydroxyl groups is 1. The molecule has 4 heteroatoms. The molecule has 1 saturated carbocycles. The smallest absolute Gasteiger partial charge is 0.0830 e. The highest BCUT2D eigenvalue weighted by atomic mass is 16.3. The number of nitrogens with zero attached hydrogens (tertiary/aromatic N) is 3. The van der Waals surface area contributed by atoms with Crippen LogP contribution < -0.4 is 0 Å². The highest BCUT2D eigenvalue weighted by Crippen LogP contribution is 2.33. The van der Waals surface area contributed by atoms with E-state index in [1.807, 2.05) is 13.2 Å². The highest BCUT2D eigenvalue weighted by Gasteiger charge is 2.29. The van der Waals surface area contributed by atoms with Crippen LogP contribution in [0, 0.1) is 11.8 Å². The predicted molar refractivity (Wildman–Crippen MR) is 66.5 cm³/mol. The molecule has 0 spiro atoms. The van der Waals surface area contributed by atoms with Gasteiger partial charge in [-0.2, -0.15) is 0 Å². The minimum absolute atomic E-state index is 0.148. The molecule has 1 aromatic rings. The molecule has 4 nitrogen and oxygen atoms in total. The van der Waals surface area contributed by atoms with Crippen molar-refractivity contribution in [1.82, 2.24) is 15.0 Å². The Hall–Kier alpha value is -0.900. The highest BCUT2D eigenvalue weighted by molar-refractivity contribution is 4.96. The summed E-state index contributed by atoms with van der Waals surface area (Å²) >= 11 is 0. The zero-order valence-electron chi connectivity index (χ0n) is 10.8. The molecule has 17 heavy (non-hydrogen) atoms. The SMILES string of the molecule is CCCC1CCC(O)C(Cc2cn(C)nn2)C1. The maximum atomic E-state index is 10.1. The fourth-order valence-electron chi connectivity index (χ4n) is 2.99. The lowest BCUT2D eigenvalue weighted by Gasteiger charge is -2.32. The van der Waals surface area contributed by atoms with Gasteiger partial charge in [-0.25, -0.2) is 0 Å². The van der Waals surface area contributed by atoms with Crippen molar-refractivity contribution in [3.8, 4) is 0 Å². The minimum atomic E-state index is -0.148. The van der Waals surface area contributed by atoms with E-state index < -0.39 is 0 Å². The predicted octanol–water partition coefficient (Wildman–Crippen LogP) is 1.93. The Kier molecular flexibility index (Phi) is 4.15. The van der Waals surface area contributed by atoms with Crippen molar-refractivity contribution >= 4 is 0 Å². The molecule has 96 valence electrons. The molecule has 1 aliphatic rings. The molecule has 3 atom stereocenters. The maximum absolute atomic E-state index is 10.1. The summed E-state index contributed by atoms with van der Waals surface area (Å²) in [6, 6.07) is 0. The largest absolute Gasteiger partial charge is 0.393 e. The van der Waals surface area contributed by atoms with Gasteiger partial charge in [0.15, 0.2) is 0 Å². The Bertz CT molecular complexity index is 350. The molecular weight excluding hydrogens is 214 g/mol. The summed E-state index contributed by atoms with van der Waals surface area (Å²) in [5.41, 5.74) is 1.01. The first-order valence-electron chi connectivity index (χ1n) is 6.72. The van der Waals surface area contributed by atoms with Gasteiger partial charge in [0, 0.05) is 13.2 Å². The topological polar surface area (TPSA) is 50.9 Å². The number of aromatic nitrogens is 3. The zero-order valence-corrected chi connectivity index (χ0v) is 10.8. The van der Waals surface area contributed by atoms with Gasteiger partial charge >= 0.3 is 0 Å². The Morgan fingerprint density at radius 1 is 1.47 bits per heavy atom. The summed E-state index contributed by atoms with van der Waals surface area (Å²) in [6.45, 7) is 2.24. The standard InChI is InChI=1S/C13H23N3O/c1-3-4-10-5-6-13(17)11(7-10)8-12-9-16(2)15-14-12/h9-11,13,17H,3-8H2,1-2H3. The van der Waals surface area contributed by atoms with Crippen LogP contribution in [-0.4, -0.2) is 26.2 Å². The van der Waals surface area contributed by atoms with Gasteiger partial charge < -0.3 is 5.11 Å². The molecule has 1 heterocycles. The van der Waals surface area contributed by atoms with E-state index in [0.717, 1.165) is 30.9 Å². The molecule has 0 aromatic carbocycles. The van der Waals surface area contributed by atoms with Crippen LogP contribution in [0.4, 0.5) is 0 Å². The van der Waals surface area contributed by atoms with Crippen molar-refractivity contribution in [1.29, 1.82) is 0 Å². The minimum Gasteiger partial charge on any atom is -0.393 e. The van der Waals surface area contributed by atoms with Crippen LogP contribution in [-0.2, 0) is 13.5 Å². The second kappa shape index (κ2) is 5.63. The van der Waals surface area contributed by atoms with Crippen LogP contribution in [0.15, 0.2) is 6.20 Å². The Morgan fingerprint density at radius 3 is 2.94 bits per heavy atom. The van der Waals surface area contributed by atoms with Crippen LogP contribution in [0.25, 0.3) is 0 Å². The van der Waals surface area contributed by atoms with Crippen LogP contribution in [0.3, 0.4) is 0 Å². The van der Waals surface area contributed by atoms with Crippen molar-refractivity contribution in [3.63, 3.8) is 0 Å². The fourth-order valence-corrected chi connectivity index (χ4v) is 2.99. The molecule has 1 fully saturated rings. The quantitative estimate of drug-likeness (QED) is 0.870. The first kappa shape index (κ1) is 12.6. The second-order valence-electron chi connectivity index (χ2n) is 5.38. The summed E-state index contributed by atoms with van der Waals surface area (Å²) in [6.07, 6.45) is 8.51. The van der Waals surface area contributed by atoms with Gasteiger partial charge in [-0.3, -0.25) is 4.68 Å². The van der Waals surface area contributed by atoms with E-state index in [9.17, 15) is 5.11 Å². The van der Waals surface area contributed by atoms with Crippen molar-refractivity contribution in [3.05, 3.63) is 11.9 Å². The monoisotopic (exact) mass is 237 g/mol. The lowest BCUT2D eigenvalue weighted by Crippen LogP contribution is -2.30. The van der Waals surface area contributed by atoms with Gasteiger partial charge in [0.2, 0.25) is 0 Å². The summed E-state index contributed by atoms with van der Waals surface area (Å²) in [4.78, 5) is 0. The Morgan fingerprint density at radius 2 is 2.29 bits per heavy atom. The van der Waals surface area contributed by atoms with Gasteiger partial charge in [-0.15, -0.1) is 5.10 Å². The van der Waals surface area contributed by atoms with Crippen LogP contribution >= 0.6 is 0 Å². The van der Waals surface area contributed by atoms with E-state index in [1.54, 1.807) is 4.68 Å². The van der Waals surface area contributed by atoms with Crippen molar-refractivity contribution < 1.29 is 5.11 Å². The first-order chi connectivity index (χ1) is 8.19. The third-order valence-electron chi connectivity index (χ3n) is 3.87. The second-order valence-corrected chi connectivity index (χ2v) is 5.38. The Labute approximate surface area is 103 Å². The lowest BCUT2D eigenvalue weighted by molar-refractivity contribution is 0.0458. The molecule has 0 aliphatic heterocycles. The molecule has 0 bridgehead atoms. The number of aryl methyl sites for hydroxylation is 1. The molecule has 0 radical (unpaired) electrons. The van der Waals surface area contributed by atoms with Gasteiger partial charge in [-0.1, -0.05) is 25.0 Å². The number of hydrogen-bond acceptors (Lipinski definition) is 3. The third kappa shape index (κ3) is 3.28. The van der Waals surface area contributed by atoms with E-state index in [-0.39, 0.29) is 6.10 Å². The summed E-state index contributed by atoms with van der Waals surface area (Å²) in [7, 11) is 1.88. The molecule has 0 saturated heterocycles. The molecule has 1 aliphatic carbocycles. The summed E-state index contributed by atoms with van der Waals surface area (Å²) in [5.74, 6) is 1.17. The van der Waals surface area contributed by atoms with Crippen molar-refractivity contribution in [2.75, 3.05) is 0 Å². The molecule has 2 rings (SSSR count). The normalized spacial score (nSPS) is 29.5. The van der Waals surface area contributed by atoms with E-state index in [1.165, 1.54) is 19.3 Å². The van der Waals surface area contributed by atoms with E-state index >= 15 is 0 Å². The zero-order chi connectivity index (χ0) is 12.3. The number of rotatable bonds is 4. The average molecular weight is 237 g/mol. The summed E-state index contributed by atoms with van der Waals surface area (Å²) < 4.78 is 1.73. The molecular formula is C13H23N3O. The molecule has 0 amide bonds. The van der Waals surface area contributed by atoms with Gasteiger partial charge in [-0.05, 0) is 37.5 Å². The summed E-state index contributed by atoms with van der Waals surface area (Å²) in [5, 5.41) is 18.1. The third-order valence-corrected chi connectivity index (χ3v) is 3.87. The van der Waals surface area contributed by atoms with Crippen LogP contribution in [0.2, 0.25) is 0 Å². The van der Waals surface area contributed by atoms with E-state index in [0.29, 0.717) is 5.92 Å². The average Bonchev–Trinajstić information content (AvgIpc) is 2.69. The fraction of sp³-hybridized carbons (Fsp3) is 0.846. The van der Waals surface area contributed by atoms with Gasteiger partial charge in [0.25, 0.3) is 0 Å². The number of aliphatic hydroxyl groups excluding tert-OH is 1. The van der Waals surface area contributed by atoms with Crippen molar-refractivity contribution in [2.24, 2.45) is 18.9 Å². The van der Waals surface area contributed by atoms with E-state index in [4.69, 9.17) is 0 Å². The van der Waals surface area contributed by atoms with Gasteiger partial charge in [0.05, 0.1) is 11.8 Å². The van der Waals surface area contributed by atoms with Crippen LogP contribution in [0.5, 0.6) is 0 Å². The Balaban J connectivity index is 1.93. The van der Waals surface area contributed by atoms with Crippen LogP contribution in [0.1, 0.15) is 44.7 Å². The van der Waals surface area contributed by atoms with Gasteiger partial charge in [0.1, 0.15) is 0 Å². The molecule has 1 N–H and O–H groups in total. The van der Waals surface area contributed by atoms with E-state index in [2.05, 4.69) is 17.2 Å². The number of hydrogen-bond donors (Lipinski definition) is 1. The van der Waals surface area contributed by atoms with Crippen molar-refractivity contribution in [2.45, 2.75) is 51.6 Å². The molecule has 1 aromatic heterocycles. The lowest BCUT2D eigenvalue weighted by atomic mass is 9.76. The molecule has 3 unspecified atom stereocenters. The first-order valence-corrected chi connectivity index (χ1v) is 6.72.